The van der Waals surface area contributed by atoms with Crippen molar-refractivity contribution in [3.05, 3.63) is 35.9 Å². The molecule has 0 aliphatic carbocycles. The van der Waals surface area contributed by atoms with Gasteiger partial charge in [0.25, 0.3) is 0 Å². The van der Waals surface area contributed by atoms with Crippen molar-refractivity contribution < 1.29 is 58.5 Å². The number of hydrogen-bond donors (Lipinski definition) is 10. The van der Waals surface area contributed by atoms with Gasteiger partial charge in [0.2, 0.25) is 47.3 Å². The number of nitrogens with zero attached hydrogens (tertiary/aromatic N) is 2. The Morgan fingerprint density at radius 1 is 0.714 bits per heavy atom. The minimum Gasteiger partial charge on any atom is -0.480 e. The number of likely N-dealkylation sites (tertiary alicyclic amines) is 2. The number of thioether (sulfide) groups is 1. The largest absolute Gasteiger partial charge is 0.480 e. The lowest BCUT2D eigenvalue weighted by molar-refractivity contribution is -0.148. The number of carboxylic acids is 1. The second-order valence-electron chi connectivity index (χ2n) is 19.1. The summed E-state index contributed by atoms with van der Waals surface area (Å²) in [6.07, 6.45) is 2.62. The van der Waals surface area contributed by atoms with E-state index in [1.165, 1.54) is 28.5 Å². The molecule has 0 unspecified atom stereocenters. The van der Waals surface area contributed by atoms with E-state index in [1.54, 1.807) is 64.3 Å². The first-order valence-corrected chi connectivity index (χ1v) is 25.7. The third-order valence-corrected chi connectivity index (χ3v) is 13.4. The summed E-state index contributed by atoms with van der Waals surface area (Å²) in [5.74, 6) is -7.30. The Hall–Kier alpha value is -5.32. The molecule has 2 fully saturated rings. The standard InChI is InChI=1S/C48H77N9O12S/c1-9-28(6)38(48(68)69)54-45(65)39(29(7)59)55-41(61)32(19-22-70-8)50-44(64)35-17-13-20-56(35)46(66)36-18-14-21-57(36)47(67)37(27(4)5)53-43(63)33(23-26(2)3)52-42(62)34(51-40(60)31(49)25-58)24-30-15-11-10-12-16-30/h10-12,15-16,26-29,31-39,58-59H,9,13-14,17-25,49H2,1-8H3,(H,50,64)(H,51,60)(H,52,62)(H,53,63)(H,54,65)(H,55,61)(H,68,69)/t28-,29+,31-,32-,33-,34-,35-,36-,37-,38-,39-/m0/s1. The summed E-state index contributed by atoms with van der Waals surface area (Å²) in [5.41, 5.74) is 6.45. The maximum atomic E-state index is 14.5. The molecule has 0 spiro atoms. The van der Waals surface area contributed by atoms with E-state index in [2.05, 4.69) is 31.9 Å². The molecular formula is C48H77N9O12S. The Kier molecular flexibility index (Phi) is 24.0. The predicted octanol–water partition coefficient (Wildman–Crippen LogP) is -0.594. The topological polar surface area (TPSA) is 319 Å². The third-order valence-electron chi connectivity index (χ3n) is 12.8. The molecule has 22 heteroatoms. The van der Waals surface area contributed by atoms with Gasteiger partial charge in [-0.05, 0) is 80.8 Å². The van der Waals surface area contributed by atoms with Gasteiger partial charge >= 0.3 is 5.97 Å². The van der Waals surface area contributed by atoms with Crippen LogP contribution in [0.2, 0.25) is 0 Å². The number of nitrogens with two attached hydrogens (primary N) is 1. The highest BCUT2D eigenvalue weighted by Crippen LogP contribution is 2.27. The number of rotatable bonds is 27. The summed E-state index contributed by atoms with van der Waals surface area (Å²) < 4.78 is 0. The third kappa shape index (κ3) is 16.9. The monoisotopic (exact) mass is 1000 g/mol. The smallest absolute Gasteiger partial charge is 0.326 e. The summed E-state index contributed by atoms with van der Waals surface area (Å²) in [5, 5.41) is 45.5. The van der Waals surface area contributed by atoms with Crippen LogP contribution in [0.5, 0.6) is 0 Å². The zero-order valence-corrected chi connectivity index (χ0v) is 42.6. The van der Waals surface area contributed by atoms with Crippen LogP contribution >= 0.6 is 11.8 Å². The van der Waals surface area contributed by atoms with Crippen LogP contribution < -0.4 is 37.6 Å². The number of amides is 8. The molecule has 0 saturated carbocycles. The molecule has 2 aliphatic rings. The number of carbonyl (C=O) groups excluding carboxylic acids is 8. The second kappa shape index (κ2) is 28.5. The first kappa shape index (κ1) is 59.0. The summed E-state index contributed by atoms with van der Waals surface area (Å²) in [6, 6.07) is -1.83. The van der Waals surface area contributed by atoms with Crippen molar-refractivity contribution in [3.63, 3.8) is 0 Å². The molecule has 70 heavy (non-hydrogen) atoms. The van der Waals surface area contributed by atoms with Gasteiger partial charge < -0.3 is 62.8 Å². The summed E-state index contributed by atoms with van der Waals surface area (Å²) in [6.45, 7) is 11.6. The molecule has 2 aliphatic heterocycles. The molecule has 392 valence electrons. The quantitative estimate of drug-likeness (QED) is 0.0527. The molecular weight excluding hydrogens is 927 g/mol. The van der Waals surface area contributed by atoms with Crippen molar-refractivity contribution in [1.29, 1.82) is 0 Å². The molecule has 11 N–H and O–H groups in total. The van der Waals surface area contributed by atoms with Crippen molar-refractivity contribution in [1.82, 2.24) is 41.7 Å². The van der Waals surface area contributed by atoms with E-state index in [0.717, 1.165) is 0 Å². The van der Waals surface area contributed by atoms with Crippen LogP contribution in [-0.2, 0) is 49.6 Å². The number of benzene rings is 1. The van der Waals surface area contributed by atoms with Gasteiger partial charge in [0, 0.05) is 19.5 Å². The van der Waals surface area contributed by atoms with Crippen LogP contribution in [0.4, 0.5) is 0 Å². The van der Waals surface area contributed by atoms with E-state index in [0.29, 0.717) is 30.6 Å². The molecule has 21 nitrogen and oxygen atoms in total. The summed E-state index contributed by atoms with van der Waals surface area (Å²) in [4.78, 5) is 125. The van der Waals surface area contributed by atoms with Gasteiger partial charge in [0.05, 0.1) is 12.7 Å². The Bertz CT molecular complexity index is 1960. The van der Waals surface area contributed by atoms with Gasteiger partial charge in [-0.1, -0.05) is 78.3 Å². The molecule has 8 amide bonds. The Morgan fingerprint density at radius 2 is 1.27 bits per heavy atom. The maximum Gasteiger partial charge on any atom is 0.326 e. The zero-order chi connectivity index (χ0) is 52.4. The molecule has 2 heterocycles. The first-order valence-electron chi connectivity index (χ1n) is 24.3. The fourth-order valence-corrected chi connectivity index (χ4v) is 8.95. The van der Waals surface area contributed by atoms with E-state index in [-0.39, 0.29) is 51.1 Å². The number of carboxylic acid groups (broad SMARTS) is 1. The Balaban J connectivity index is 1.79. The molecule has 1 aromatic carbocycles. The van der Waals surface area contributed by atoms with E-state index >= 15 is 0 Å². The van der Waals surface area contributed by atoms with E-state index in [1.807, 2.05) is 13.8 Å². The highest BCUT2D eigenvalue weighted by Gasteiger charge is 2.45. The maximum absolute atomic E-state index is 14.5. The molecule has 2 saturated heterocycles. The number of nitrogens with one attached hydrogen (secondary N) is 6. The summed E-state index contributed by atoms with van der Waals surface area (Å²) >= 11 is 1.40. The zero-order valence-electron chi connectivity index (χ0n) is 41.8. The van der Waals surface area contributed by atoms with Gasteiger partial charge in [-0.25, -0.2) is 4.79 Å². The van der Waals surface area contributed by atoms with E-state index < -0.39 is 132 Å². The van der Waals surface area contributed by atoms with Crippen LogP contribution in [0.25, 0.3) is 0 Å². The SMILES string of the molecule is CC[C@H](C)[C@H](NC(=O)[C@@H](NC(=O)[C@H](CCSC)NC(=O)[C@@H]1CCCN1C(=O)[C@@H]1CCCN1C(=O)[C@@H](NC(=O)[C@H](CC(C)C)NC(=O)[C@H](Cc1ccccc1)NC(=O)[C@@H](N)CO)C(C)C)[C@@H](C)O)C(=O)O. The fraction of sp³-hybridized carbons (Fsp3) is 0.688. The normalized spacial score (nSPS) is 19.7. The van der Waals surface area contributed by atoms with Gasteiger partial charge in [0.15, 0.2) is 0 Å². The Morgan fingerprint density at radius 3 is 1.83 bits per heavy atom. The van der Waals surface area contributed by atoms with Crippen molar-refractivity contribution in [3.8, 4) is 0 Å². The average Bonchev–Trinajstić information content (AvgIpc) is 4.03. The van der Waals surface area contributed by atoms with E-state index in [4.69, 9.17) is 5.73 Å². The number of carbonyl (C=O) groups is 9. The molecule has 0 aromatic heterocycles. The van der Waals surface area contributed by atoms with Crippen LogP contribution in [0.1, 0.15) is 99.0 Å². The molecule has 1 aromatic rings. The van der Waals surface area contributed by atoms with Crippen molar-refractivity contribution >= 4 is 65.0 Å². The number of aliphatic carboxylic acids is 1. The van der Waals surface area contributed by atoms with Crippen molar-refractivity contribution in [2.45, 2.75) is 160 Å². The minimum atomic E-state index is -1.55. The van der Waals surface area contributed by atoms with Crippen molar-refractivity contribution in [2.24, 2.45) is 23.5 Å². The molecule has 3 rings (SSSR count). The van der Waals surface area contributed by atoms with Gasteiger partial charge in [-0.3, -0.25) is 38.4 Å². The summed E-state index contributed by atoms with van der Waals surface area (Å²) in [7, 11) is 0. The minimum absolute atomic E-state index is 0.0542. The number of hydrogen-bond acceptors (Lipinski definition) is 13. The second-order valence-corrected chi connectivity index (χ2v) is 20.1. The van der Waals surface area contributed by atoms with E-state index in [9.17, 15) is 58.5 Å². The number of aliphatic hydroxyl groups is 2. The predicted molar refractivity (Wildman–Crippen MR) is 262 cm³/mol. The van der Waals surface area contributed by atoms with Crippen LogP contribution in [0.15, 0.2) is 30.3 Å². The fourth-order valence-electron chi connectivity index (χ4n) is 8.48. The number of aliphatic hydroxyl groups excluding tert-OH is 2. The van der Waals surface area contributed by atoms with Crippen LogP contribution in [0, 0.1) is 17.8 Å². The molecule has 0 bridgehead atoms. The molecule has 11 atom stereocenters. The van der Waals surface area contributed by atoms with Crippen LogP contribution in [-0.4, -0.2) is 171 Å². The molecule has 0 radical (unpaired) electrons. The Labute approximate surface area is 415 Å². The van der Waals surface area contributed by atoms with Gasteiger partial charge in [-0.2, -0.15) is 11.8 Å². The lowest BCUT2D eigenvalue weighted by atomic mass is 9.98. The first-order chi connectivity index (χ1) is 33.1. The lowest BCUT2D eigenvalue weighted by Crippen LogP contribution is -2.61. The van der Waals surface area contributed by atoms with Gasteiger partial charge in [-0.15, -0.1) is 0 Å². The van der Waals surface area contributed by atoms with Crippen molar-refractivity contribution in [2.75, 3.05) is 31.7 Å². The highest BCUT2D eigenvalue weighted by atomic mass is 32.2. The lowest BCUT2D eigenvalue weighted by Gasteiger charge is -2.34. The highest BCUT2D eigenvalue weighted by molar-refractivity contribution is 7.98. The van der Waals surface area contributed by atoms with Crippen LogP contribution in [0.3, 0.4) is 0 Å². The van der Waals surface area contributed by atoms with Gasteiger partial charge in [0.1, 0.15) is 54.4 Å². The average molecular weight is 1000 g/mol.